The highest BCUT2D eigenvalue weighted by atomic mass is 14.1. The lowest BCUT2D eigenvalue weighted by Crippen LogP contribution is -1.92. The number of hydrogen-bond acceptors (Lipinski definition) is 0. The van der Waals surface area contributed by atoms with Crippen LogP contribution >= 0.6 is 0 Å². The van der Waals surface area contributed by atoms with Gasteiger partial charge in [0.05, 0.1) is 0 Å². The molecular formula is C15H23. The van der Waals surface area contributed by atoms with E-state index >= 15 is 0 Å². The molecule has 0 heterocycles. The summed E-state index contributed by atoms with van der Waals surface area (Å²) in [5.41, 5.74) is 2.74. The van der Waals surface area contributed by atoms with Gasteiger partial charge in [0.2, 0.25) is 0 Å². The van der Waals surface area contributed by atoms with Gasteiger partial charge in [-0.15, -0.1) is 0 Å². The third-order valence-corrected chi connectivity index (χ3v) is 2.80. The Labute approximate surface area is 94.7 Å². The molecule has 0 N–H and O–H groups in total. The van der Waals surface area contributed by atoms with Gasteiger partial charge in [0.25, 0.3) is 0 Å². The van der Waals surface area contributed by atoms with Crippen LogP contribution in [0.1, 0.15) is 63.5 Å². The zero-order valence-electron chi connectivity index (χ0n) is 10.3. The summed E-state index contributed by atoms with van der Waals surface area (Å²) in [5.74, 6) is 0.598. The molecule has 0 atom stereocenters. The van der Waals surface area contributed by atoms with E-state index in [4.69, 9.17) is 0 Å². The van der Waals surface area contributed by atoms with Crippen molar-refractivity contribution < 1.29 is 0 Å². The molecule has 83 valence electrons. The second kappa shape index (κ2) is 6.66. The van der Waals surface area contributed by atoms with Crippen molar-refractivity contribution in [2.45, 2.75) is 58.8 Å². The fourth-order valence-corrected chi connectivity index (χ4v) is 1.76. The van der Waals surface area contributed by atoms with E-state index in [9.17, 15) is 0 Å². The highest BCUT2D eigenvalue weighted by Crippen LogP contribution is 2.16. The molecule has 0 saturated heterocycles. The predicted octanol–water partition coefficient (Wildman–Crippen LogP) is 4.73. The van der Waals surface area contributed by atoms with E-state index < -0.39 is 0 Å². The van der Waals surface area contributed by atoms with Gasteiger partial charge in [-0.25, -0.2) is 0 Å². The number of benzene rings is 1. The van der Waals surface area contributed by atoms with Gasteiger partial charge in [-0.3, -0.25) is 0 Å². The lowest BCUT2D eigenvalue weighted by atomic mass is 9.98. The van der Waals surface area contributed by atoms with Crippen molar-refractivity contribution in [1.29, 1.82) is 0 Å². The minimum Gasteiger partial charge on any atom is -0.0654 e. The van der Waals surface area contributed by atoms with E-state index in [1.807, 2.05) is 0 Å². The number of hydrogen-bond donors (Lipinski definition) is 0. The van der Waals surface area contributed by atoms with Gasteiger partial charge in [0, 0.05) is 0 Å². The van der Waals surface area contributed by atoms with Gasteiger partial charge >= 0.3 is 0 Å². The molecule has 0 unspecified atom stereocenters. The Hall–Kier alpha value is -0.780. The first-order chi connectivity index (χ1) is 7.24. The van der Waals surface area contributed by atoms with Gasteiger partial charge < -0.3 is 0 Å². The molecule has 0 spiro atoms. The van der Waals surface area contributed by atoms with E-state index in [-0.39, 0.29) is 0 Å². The Morgan fingerprint density at radius 1 is 1.13 bits per heavy atom. The van der Waals surface area contributed by atoms with Crippen LogP contribution in [0.3, 0.4) is 0 Å². The van der Waals surface area contributed by atoms with E-state index in [1.54, 1.807) is 0 Å². The van der Waals surface area contributed by atoms with Gasteiger partial charge in [-0.1, -0.05) is 58.2 Å². The normalized spacial score (nSPS) is 10.9. The van der Waals surface area contributed by atoms with Crippen LogP contribution in [0.25, 0.3) is 0 Å². The quantitative estimate of drug-likeness (QED) is 0.586. The second-order valence-corrected chi connectivity index (χ2v) is 4.60. The predicted molar refractivity (Wildman–Crippen MR) is 67.2 cm³/mol. The molecule has 0 bridgehead atoms. The van der Waals surface area contributed by atoms with Gasteiger partial charge in [-0.2, -0.15) is 0 Å². The molecule has 0 amide bonds. The van der Waals surface area contributed by atoms with Crippen LogP contribution in [0, 0.1) is 6.07 Å². The largest absolute Gasteiger partial charge is 0.0654 e. The van der Waals surface area contributed by atoms with Crippen LogP contribution in [-0.4, -0.2) is 0 Å². The summed E-state index contributed by atoms with van der Waals surface area (Å²) in [6, 6.07) is 10.1. The average Bonchev–Trinajstić information content (AvgIpc) is 2.25. The smallest absolute Gasteiger partial charge is 0.0112 e. The van der Waals surface area contributed by atoms with Crippen molar-refractivity contribution >= 4 is 0 Å². The highest BCUT2D eigenvalue weighted by Gasteiger charge is 2.00. The topological polar surface area (TPSA) is 0 Å². The number of unbranched alkanes of at least 4 members (excludes halogenated alkanes) is 3. The molecule has 0 fully saturated rings. The number of aryl methyl sites for hydroxylation is 1. The summed E-state index contributed by atoms with van der Waals surface area (Å²) in [6.45, 7) is 6.71. The van der Waals surface area contributed by atoms with Crippen LogP contribution in [-0.2, 0) is 6.42 Å². The fourth-order valence-electron chi connectivity index (χ4n) is 1.76. The van der Waals surface area contributed by atoms with E-state index in [0.29, 0.717) is 5.92 Å². The van der Waals surface area contributed by atoms with Gasteiger partial charge in [0.15, 0.2) is 0 Å². The third-order valence-electron chi connectivity index (χ3n) is 2.80. The first-order valence-electron chi connectivity index (χ1n) is 6.25. The monoisotopic (exact) mass is 203 g/mol. The van der Waals surface area contributed by atoms with Crippen molar-refractivity contribution in [3.05, 3.63) is 35.4 Å². The highest BCUT2D eigenvalue weighted by molar-refractivity contribution is 5.24. The summed E-state index contributed by atoms with van der Waals surface area (Å²) >= 11 is 0. The molecule has 0 aliphatic rings. The Kier molecular flexibility index (Phi) is 5.45. The van der Waals surface area contributed by atoms with E-state index in [2.05, 4.69) is 45.0 Å². The minimum absolute atomic E-state index is 0.598. The first-order valence-corrected chi connectivity index (χ1v) is 6.25. The van der Waals surface area contributed by atoms with Gasteiger partial charge in [-0.05, 0) is 36.0 Å². The average molecular weight is 203 g/mol. The number of rotatable bonds is 6. The lowest BCUT2D eigenvalue weighted by molar-refractivity contribution is 0.666. The molecule has 0 aromatic heterocycles. The summed E-state index contributed by atoms with van der Waals surface area (Å²) in [5, 5.41) is 0. The molecule has 15 heavy (non-hydrogen) atoms. The zero-order valence-corrected chi connectivity index (χ0v) is 10.3. The van der Waals surface area contributed by atoms with Crippen LogP contribution in [0.5, 0.6) is 0 Å². The molecule has 0 heteroatoms. The molecule has 0 saturated carbocycles. The standard InChI is InChI=1S/C15H23/c1-4-5-6-7-9-14-10-8-11-15(12-14)13(2)3/h8,10-11,13H,4-7,9H2,1-3H3. The van der Waals surface area contributed by atoms with Crippen molar-refractivity contribution in [3.8, 4) is 0 Å². The lowest BCUT2D eigenvalue weighted by Gasteiger charge is -2.07. The Morgan fingerprint density at radius 2 is 1.93 bits per heavy atom. The summed E-state index contributed by atoms with van der Waals surface area (Å²) in [6.07, 6.45) is 6.54. The van der Waals surface area contributed by atoms with Gasteiger partial charge in [0.1, 0.15) is 0 Å². The van der Waals surface area contributed by atoms with Crippen LogP contribution in [0.2, 0.25) is 0 Å². The first kappa shape index (κ1) is 12.3. The molecule has 0 aliphatic heterocycles. The summed E-state index contributed by atoms with van der Waals surface area (Å²) in [4.78, 5) is 0. The molecule has 1 radical (unpaired) electrons. The van der Waals surface area contributed by atoms with Crippen molar-refractivity contribution in [2.75, 3.05) is 0 Å². The molecular weight excluding hydrogens is 180 g/mol. The van der Waals surface area contributed by atoms with Crippen molar-refractivity contribution in [3.63, 3.8) is 0 Å². The Morgan fingerprint density at radius 3 is 2.60 bits per heavy atom. The fraction of sp³-hybridized carbons (Fsp3) is 0.600. The molecule has 1 aromatic rings. The van der Waals surface area contributed by atoms with Crippen molar-refractivity contribution in [2.24, 2.45) is 0 Å². The maximum Gasteiger partial charge on any atom is -0.0112 e. The minimum atomic E-state index is 0.598. The molecule has 0 nitrogen and oxygen atoms in total. The maximum atomic E-state index is 3.52. The van der Waals surface area contributed by atoms with Crippen LogP contribution in [0.15, 0.2) is 18.2 Å². The van der Waals surface area contributed by atoms with Crippen molar-refractivity contribution in [1.82, 2.24) is 0 Å². The van der Waals surface area contributed by atoms with Crippen LogP contribution in [0.4, 0.5) is 0 Å². The third kappa shape index (κ3) is 4.51. The Balaban J connectivity index is 2.43. The summed E-state index contributed by atoms with van der Waals surface area (Å²) in [7, 11) is 0. The second-order valence-electron chi connectivity index (χ2n) is 4.60. The summed E-state index contributed by atoms with van der Waals surface area (Å²) < 4.78 is 0. The molecule has 0 aliphatic carbocycles. The molecule has 1 rings (SSSR count). The Bertz CT molecular complexity index is 273. The molecule has 1 aromatic carbocycles. The maximum absolute atomic E-state index is 3.52. The van der Waals surface area contributed by atoms with E-state index in [0.717, 1.165) is 0 Å². The van der Waals surface area contributed by atoms with Crippen LogP contribution < -0.4 is 0 Å². The van der Waals surface area contributed by atoms with E-state index in [1.165, 1.54) is 43.2 Å². The zero-order chi connectivity index (χ0) is 11.1. The SMILES string of the molecule is CCCCCCc1[c]c(C(C)C)ccc1.